The minimum Gasteiger partial charge on any atom is -0.412 e. The predicted octanol–water partition coefficient (Wildman–Crippen LogP) is 6.94. The van der Waals surface area contributed by atoms with Gasteiger partial charge in [-0.3, -0.25) is 0 Å². The molecule has 196 valence electrons. The molecule has 0 radical (unpaired) electrons. The number of hydrogen-bond donors (Lipinski definition) is 0. The second kappa shape index (κ2) is 12.1. The van der Waals surface area contributed by atoms with Crippen LogP contribution in [-0.2, 0) is 4.74 Å². The second-order valence-corrected chi connectivity index (χ2v) is 12.3. The van der Waals surface area contributed by atoms with E-state index in [-0.39, 0.29) is 23.0 Å². The largest absolute Gasteiger partial charge is 0.412 e. The van der Waals surface area contributed by atoms with E-state index in [0.717, 1.165) is 5.92 Å². The molecule has 5 heteroatoms. The van der Waals surface area contributed by atoms with Crippen LogP contribution in [0.15, 0.2) is 0 Å². The number of unbranched alkanes of at least 4 members (excludes halogenated alkanes) is 2. The van der Waals surface area contributed by atoms with E-state index in [1.165, 1.54) is 89.9 Å². The van der Waals surface area contributed by atoms with Crippen molar-refractivity contribution >= 4 is 0 Å². The van der Waals surface area contributed by atoms with Gasteiger partial charge in [-0.15, -0.1) is 0 Å². The summed E-state index contributed by atoms with van der Waals surface area (Å²) in [6.45, 7) is 6.06. The summed E-state index contributed by atoms with van der Waals surface area (Å²) in [6, 6.07) is 0. The van der Waals surface area contributed by atoms with E-state index >= 15 is 0 Å². The summed E-state index contributed by atoms with van der Waals surface area (Å²) >= 11 is 0. The zero-order valence-electron chi connectivity index (χ0n) is 21.5. The van der Waals surface area contributed by atoms with Crippen molar-refractivity contribution < 1.29 is 24.5 Å². The average Bonchev–Trinajstić information content (AvgIpc) is 2.77. The molecule has 0 aliphatic heterocycles. The lowest BCUT2D eigenvalue weighted by molar-refractivity contribution is -0.114. The highest BCUT2D eigenvalue weighted by Gasteiger charge is 2.52. The van der Waals surface area contributed by atoms with Crippen LogP contribution in [0.1, 0.15) is 124 Å². The van der Waals surface area contributed by atoms with Gasteiger partial charge in [-0.25, -0.2) is 8.78 Å². The molecule has 0 aromatic heterocycles. The van der Waals surface area contributed by atoms with Crippen LogP contribution in [0.25, 0.3) is 0 Å². The molecule has 0 saturated heterocycles. The number of halogens is 2. The Bertz CT molecular complexity index is 539. The van der Waals surface area contributed by atoms with E-state index < -0.39 is 18.4 Å². The van der Waals surface area contributed by atoms with Gasteiger partial charge in [0, 0.05) is 0 Å². The molecule has 33 heavy (non-hydrogen) atoms. The third-order valence-corrected chi connectivity index (χ3v) is 10.3. The van der Waals surface area contributed by atoms with Crippen molar-refractivity contribution in [2.45, 2.75) is 148 Å². The fraction of sp³-hybridized carbons (Fsp3) is 1.00. The SMILES string of the molecule is CCCCCC12CCC(C3CCC(C4CC(F)C(OC(C)C)C(F)C4)CC3)(CC1)CC2.O.O. The predicted molar refractivity (Wildman–Crippen MR) is 132 cm³/mol. The lowest BCUT2D eigenvalue weighted by Gasteiger charge is -2.58. The number of alkyl halides is 2. The highest BCUT2D eigenvalue weighted by Crippen LogP contribution is 2.63. The fourth-order valence-corrected chi connectivity index (χ4v) is 8.27. The lowest BCUT2D eigenvalue weighted by Crippen LogP contribution is -2.47. The Hall–Kier alpha value is -0.260. The van der Waals surface area contributed by atoms with Crippen LogP contribution in [0.2, 0.25) is 0 Å². The maximum atomic E-state index is 14.7. The maximum absolute atomic E-state index is 14.7. The van der Waals surface area contributed by atoms with Crippen molar-refractivity contribution in [3.63, 3.8) is 0 Å². The van der Waals surface area contributed by atoms with Crippen molar-refractivity contribution in [1.29, 1.82) is 0 Å². The molecule has 5 fully saturated rings. The molecule has 0 spiro atoms. The van der Waals surface area contributed by atoms with Crippen molar-refractivity contribution in [3.05, 3.63) is 0 Å². The smallest absolute Gasteiger partial charge is 0.129 e. The summed E-state index contributed by atoms with van der Waals surface area (Å²) in [4.78, 5) is 0. The molecule has 0 amide bonds. The van der Waals surface area contributed by atoms with E-state index in [9.17, 15) is 8.78 Å². The molecule has 0 aromatic carbocycles. The van der Waals surface area contributed by atoms with Crippen LogP contribution in [0.3, 0.4) is 0 Å². The van der Waals surface area contributed by atoms with Crippen LogP contribution in [-0.4, -0.2) is 35.5 Å². The quantitative estimate of drug-likeness (QED) is 0.351. The lowest BCUT2D eigenvalue weighted by atomic mass is 9.47. The fourth-order valence-electron chi connectivity index (χ4n) is 8.27. The summed E-state index contributed by atoms with van der Waals surface area (Å²) in [6.07, 6.45) is 17.3. The van der Waals surface area contributed by atoms with Gasteiger partial charge in [-0.2, -0.15) is 0 Å². The Balaban J connectivity index is 0.00000193. The van der Waals surface area contributed by atoms with Crippen LogP contribution in [0.5, 0.6) is 0 Å². The Labute approximate surface area is 201 Å². The van der Waals surface area contributed by atoms with Crippen molar-refractivity contribution in [1.82, 2.24) is 0 Å². The van der Waals surface area contributed by atoms with E-state index in [0.29, 0.717) is 29.6 Å². The molecular weight excluding hydrogens is 422 g/mol. The number of ether oxygens (including phenoxy) is 1. The number of hydrogen-bond acceptors (Lipinski definition) is 1. The Morgan fingerprint density at radius 2 is 1.33 bits per heavy atom. The standard InChI is InChI=1S/C28H48F2O.2H2O/c1-4-5-6-11-27-12-15-28(16-13-27,17-14-27)23-9-7-21(8-10-23)22-18-24(29)26(25(30)19-22)31-20(2)3;;/h20-26H,4-19H2,1-3H3;2*1H2. The van der Waals surface area contributed by atoms with Crippen LogP contribution >= 0.6 is 0 Å². The van der Waals surface area contributed by atoms with Crippen molar-refractivity contribution in [2.75, 3.05) is 0 Å². The number of fused-ring (bicyclic) bond motifs is 3. The van der Waals surface area contributed by atoms with E-state index in [2.05, 4.69) is 6.92 Å². The highest BCUT2D eigenvalue weighted by atomic mass is 19.1. The molecule has 3 nitrogen and oxygen atoms in total. The first-order valence-electron chi connectivity index (χ1n) is 13.8. The van der Waals surface area contributed by atoms with Gasteiger partial charge in [0.1, 0.15) is 18.4 Å². The summed E-state index contributed by atoms with van der Waals surface area (Å²) < 4.78 is 35.0. The molecule has 0 heterocycles. The third kappa shape index (κ3) is 6.30. The first-order valence-corrected chi connectivity index (χ1v) is 13.8. The molecule has 2 bridgehead atoms. The minimum atomic E-state index is -1.13. The summed E-state index contributed by atoms with van der Waals surface area (Å²) in [7, 11) is 0. The van der Waals surface area contributed by atoms with E-state index in [1.807, 2.05) is 13.8 Å². The summed E-state index contributed by atoms with van der Waals surface area (Å²) in [5.74, 6) is 1.63. The van der Waals surface area contributed by atoms with Crippen LogP contribution in [0.4, 0.5) is 8.78 Å². The minimum absolute atomic E-state index is 0. The van der Waals surface area contributed by atoms with Gasteiger partial charge in [0.15, 0.2) is 0 Å². The van der Waals surface area contributed by atoms with Gasteiger partial charge in [0.2, 0.25) is 0 Å². The Morgan fingerprint density at radius 1 is 0.788 bits per heavy atom. The third-order valence-electron chi connectivity index (χ3n) is 10.3. The Morgan fingerprint density at radius 3 is 1.82 bits per heavy atom. The molecule has 2 atom stereocenters. The first-order chi connectivity index (χ1) is 14.9. The molecular formula is C28H52F2O3. The second-order valence-electron chi connectivity index (χ2n) is 12.3. The highest BCUT2D eigenvalue weighted by molar-refractivity contribution is 5.03. The molecule has 2 unspecified atom stereocenters. The molecule has 5 saturated carbocycles. The normalized spacial score (nSPS) is 43.1. The summed E-state index contributed by atoms with van der Waals surface area (Å²) in [5.41, 5.74) is 1.31. The zero-order chi connectivity index (χ0) is 22.1. The molecule has 5 aliphatic rings. The van der Waals surface area contributed by atoms with Gasteiger partial charge in [-0.05, 0) is 126 Å². The zero-order valence-corrected chi connectivity index (χ0v) is 21.5. The Kier molecular flexibility index (Phi) is 10.6. The van der Waals surface area contributed by atoms with Crippen LogP contribution in [0, 0.1) is 28.6 Å². The first kappa shape index (κ1) is 29.0. The maximum Gasteiger partial charge on any atom is 0.129 e. The molecule has 5 rings (SSSR count). The topological polar surface area (TPSA) is 72.2 Å². The van der Waals surface area contributed by atoms with Gasteiger partial charge in [-0.1, -0.05) is 26.2 Å². The molecule has 5 aliphatic carbocycles. The average molecular weight is 475 g/mol. The van der Waals surface area contributed by atoms with Crippen LogP contribution < -0.4 is 0 Å². The summed E-state index contributed by atoms with van der Waals surface area (Å²) in [5, 5.41) is 0. The van der Waals surface area contributed by atoms with E-state index in [4.69, 9.17) is 4.74 Å². The van der Waals surface area contributed by atoms with Gasteiger partial charge in [0.05, 0.1) is 6.10 Å². The van der Waals surface area contributed by atoms with Crippen molar-refractivity contribution in [2.24, 2.45) is 28.6 Å². The number of rotatable bonds is 8. The van der Waals surface area contributed by atoms with Gasteiger partial charge in [0.25, 0.3) is 0 Å². The molecule has 4 N–H and O–H groups in total. The van der Waals surface area contributed by atoms with Crippen molar-refractivity contribution in [3.8, 4) is 0 Å². The van der Waals surface area contributed by atoms with Gasteiger partial charge >= 0.3 is 0 Å². The molecule has 0 aromatic rings. The van der Waals surface area contributed by atoms with Gasteiger partial charge < -0.3 is 15.7 Å². The van der Waals surface area contributed by atoms with E-state index in [1.54, 1.807) is 0 Å². The monoisotopic (exact) mass is 474 g/mol.